The van der Waals surface area contributed by atoms with Gasteiger partial charge >= 0.3 is 7.12 Å². The summed E-state index contributed by atoms with van der Waals surface area (Å²) in [5.74, 6) is 0. The Labute approximate surface area is 434 Å². The minimum atomic E-state index is -1.17. The molecule has 9 nitrogen and oxygen atoms in total. The first-order valence-electron chi connectivity index (χ1n) is 23.4. The van der Waals surface area contributed by atoms with E-state index in [4.69, 9.17) is 20.2 Å². The second-order valence-electron chi connectivity index (χ2n) is 8.65. The van der Waals surface area contributed by atoms with Crippen molar-refractivity contribution in [1.29, 1.82) is 0 Å². The smallest absolute Gasteiger partial charge is 0.427 e. The summed E-state index contributed by atoms with van der Waals surface area (Å²) in [5.41, 5.74) is 0.889. The van der Waals surface area contributed by atoms with Crippen LogP contribution in [0.3, 0.4) is 0 Å². The van der Waals surface area contributed by atoms with Crippen molar-refractivity contribution in [3.63, 3.8) is 0 Å². The molecule has 1 aliphatic carbocycles. The molecule has 14 heteroatoms. The summed E-state index contributed by atoms with van der Waals surface area (Å²) in [5, 5.41) is 38.6. The zero-order valence-corrected chi connectivity index (χ0v) is 50.7. The minimum absolute atomic E-state index is 0.446. The summed E-state index contributed by atoms with van der Waals surface area (Å²) in [7, 11) is -0.724. The highest BCUT2D eigenvalue weighted by Crippen LogP contribution is 2.32. The number of halogens is 3. The Morgan fingerprint density at radius 3 is 0.939 bits per heavy atom. The molecule has 384 valence electrons. The lowest BCUT2D eigenvalue weighted by Gasteiger charge is -2.18. The molecule has 1 aromatic heterocycles. The second kappa shape index (κ2) is 95.9. The van der Waals surface area contributed by atoms with Gasteiger partial charge in [-0.2, -0.15) is 0 Å². The fourth-order valence-corrected chi connectivity index (χ4v) is 5.90. The van der Waals surface area contributed by atoms with E-state index in [1.54, 1.807) is 0 Å². The molecule has 0 aliphatic heterocycles. The molecule has 0 fully saturated rings. The molecule has 0 atom stereocenters. The molecule has 3 aromatic carbocycles. The van der Waals surface area contributed by atoms with Crippen molar-refractivity contribution in [3.05, 3.63) is 171 Å². The highest BCUT2D eigenvalue weighted by atomic mass is 79.9. The molecule has 0 saturated carbocycles. The number of allylic oxidation sites excluding steroid dienone is 4. The summed E-state index contributed by atoms with van der Waals surface area (Å²) in [6, 6.07) is 36.3. The van der Waals surface area contributed by atoms with Crippen LogP contribution in [0.5, 0.6) is 0 Å². The zero-order valence-electron chi connectivity index (χ0n) is 45.1. The van der Waals surface area contributed by atoms with Gasteiger partial charge in [0.05, 0.1) is 15.4 Å². The average molecular weight is 1140 g/mol. The molecule has 2 N–H and O–H groups in total. The summed E-state index contributed by atoms with van der Waals surface area (Å²) in [4.78, 5) is 18.2. The number of rotatable bonds is 5. The number of hydrogen-bond acceptors (Lipinski definition) is 6. The van der Waals surface area contributed by atoms with Crippen LogP contribution in [-0.4, -0.2) is 44.0 Å². The van der Waals surface area contributed by atoms with Crippen molar-refractivity contribution < 1.29 is 19.9 Å². The Morgan fingerprint density at radius 1 is 0.591 bits per heavy atom. The van der Waals surface area contributed by atoms with E-state index in [2.05, 4.69) is 163 Å². The first-order chi connectivity index (χ1) is 32.0. The maximum absolute atomic E-state index is 9.29. The molecular weight excluding hydrogens is 1040 g/mol. The molecule has 0 radical (unpaired) electrons. The van der Waals surface area contributed by atoms with Crippen LogP contribution in [0, 0.1) is 20.2 Å². The van der Waals surface area contributed by atoms with Crippen LogP contribution in [0.2, 0.25) is 6.82 Å². The molecule has 0 amide bonds. The number of hydrogen-bond donors (Lipinski definition) is 2. The van der Waals surface area contributed by atoms with Crippen molar-refractivity contribution in [2.45, 2.75) is 150 Å². The van der Waals surface area contributed by atoms with Gasteiger partial charge in [-0.1, -0.05) is 295 Å². The number of nitro groups is 2. The Balaban J connectivity index is -0.0000000611. The molecule has 1 aliphatic rings. The predicted molar refractivity (Wildman–Crippen MR) is 317 cm³/mol. The number of benzene rings is 3. The Morgan fingerprint density at radius 2 is 0.818 bits per heavy atom. The van der Waals surface area contributed by atoms with Crippen LogP contribution >= 0.6 is 55.7 Å². The van der Waals surface area contributed by atoms with Gasteiger partial charge in [0.25, 0.3) is 0 Å². The fourth-order valence-electron chi connectivity index (χ4n) is 3.07. The van der Waals surface area contributed by atoms with E-state index >= 15 is 0 Å². The lowest BCUT2D eigenvalue weighted by Crippen LogP contribution is -2.20. The summed E-state index contributed by atoms with van der Waals surface area (Å²) >= 11 is 9.17. The Kier molecular flexibility index (Phi) is 130. The maximum atomic E-state index is 9.29. The lowest BCUT2D eigenvalue weighted by atomic mass is 9.99. The molecule has 4 aromatic rings. The SMILES string of the molecule is BrCn1cccc1.C1=CCC=C1.CB(O)O.CC.CC.CC.CC.CC.CC.CC.CC.CC.CCBr.C[N+](=O)[O-].O=[N+]([O-])/C=C\Br.c1ccc(P(c2ccccc2)c2ccccc2)cc1. The first-order valence-corrected chi connectivity index (χ1v) is 27.9. The van der Waals surface area contributed by atoms with E-state index in [1.807, 2.05) is 161 Å². The van der Waals surface area contributed by atoms with Crippen LogP contribution in [0.1, 0.15) is 138 Å². The van der Waals surface area contributed by atoms with E-state index in [9.17, 15) is 10.1 Å². The van der Waals surface area contributed by atoms with Gasteiger partial charge in [-0.15, -0.1) is 0 Å². The molecule has 0 spiro atoms. The van der Waals surface area contributed by atoms with Crippen molar-refractivity contribution in [1.82, 2.24) is 4.57 Å². The van der Waals surface area contributed by atoms with Crippen LogP contribution in [0.4, 0.5) is 0 Å². The zero-order chi connectivity index (χ0) is 54.4. The van der Waals surface area contributed by atoms with Crippen LogP contribution in [0.15, 0.2) is 151 Å². The summed E-state index contributed by atoms with van der Waals surface area (Å²) in [6.07, 6.45) is 14.3. The van der Waals surface area contributed by atoms with Gasteiger partial charge in [0.15, 0.2) is 7.05 Å². The second-order valence-corrected chi connectivity index (χ2v) is 13.0. The predicted octanol–water partition coefficient (Wildman–Crippen LogP) is 17.5. The van der Waals surface area contributed by atoms with Gasteiger partial charge in [-0.3, -0.25) is 20.2 Å². The molecule has 0 unspecified atom stereocenters. The standard InChI is InChI=1S/C18H15P.C5H6BrN.C5H6.C2H2BrNO2.C2H5Br.9C2H6.CH5BO2.CH3NO2/c1-4-10-16(11-5-1)19(17-12-6-2-7-13-17)18-14-8-3-9-15-18;6-5-7-3-1-2-4-7;1-2-4-5-3-1;3-1-2-4(5)6;1-2-3;9*1-2;2*1-2(3)4/h1-15H;1-4H,5H2;1-4H,5H2;1-2H;2H2,1H3;9*1-2H3;3-4H,1H3;1H3/b;;;2-1-;;;;;;;;;;;;. The van der Waals surface area contributed by atoms with Crippen molar-refractivity contribution >= 4 is 78.7 Å². The molecule has 0 bridgehead atoms. The number of nitrogens with zero attached hydrogens (tertiary/aromatic N) is 3. The number of aromatic nitrogens is 1. The molecule has 5 rings (SSSR count). The van der Waals surface area contributed by atoms with Crippen molar-refractivity contribution in [2.75, 3.05) is 12.4 Å². The van der Waals surface area contributed by atoms with E-state index < -0.39 is 24.9 Å². The number of alkyl halides is 2. The molecule has 1 heterocycles. The van der Waals surface area contributed by atoms with Crippen LogP contribution in [0.25, 0.3) is 0 Å². The van der Waals surface area contributed by atoms with Crippen molar-refractivity contribution in [2.24, 2.45) is 0 Å². The molecule has 0 saturated heterocycles. The largest absolute Gasteiger partial charge is 0.448 e. The van der Waals surface area contributed by atoms with Gasteiger partial charge < -0.3 is 14.6 Å². The van der Waals surface area contributed by atoms with Gasteiger partial charge in [-0.25, -0.2) is 0 Å². The fraction of sp³-hybridized carbons (Fsp3) is 0.462. The van der Waals surface area contributed by atoms with Gasteiger partial charge in [0, 0.05) is 22.6 Å². The van der Waals surface area contributed by atoms with Gasteiger partial charge in [0.2, 0.25) is 6.20 Å². The van der Waals surface area contributed by atoms with E-state index in [0.29, 0.717) is 0 Å². The topological polar surface area (TPSA) is 132 Å². The van der Waals surface area contributed by atoms with Gasteiger partial charge in [0.1, 0.15) is 0 Å². The van der Waals surface area contributed by atoms with E-state index in [0.717, 1.165) is 30.5 Å². The van der Waals surface area contributed by atoms with Gasteiger partial charge in [-0.05, 0) is 49.2 Å². The Hall–Kier alpha value is -3.19. The summed E-state index contributed by atoms with van der Waals surface area (Å²) < 4.78 is 2.04. The monoisotopic (exact) mass is 1140 g/mol. The van der Waals surface area contributed by atoms with Crippen molar-refractivity contribution in [3.8, 4) is 0 Å². The molecular formula is C52H96BBr3N3O6P. The lowest BCUT2D eigenvalue weighted by molar-refractivity contribution is -0.445. The molecule has 66 heavy (non-hydrogen) atoms. The quantitative estimate of drug-likeness (QED) is 0.0673. The normalized spacial score (nSPS) is 8.11. The van der Waals surface area contributed by atoms with E-state index in [-0.39, 0.29) is 0 Å². The maximum Gasteiger partial charge on any atom is 0.448 e. The third kappa shape index (κ3) is 87.7. The average Bonchev–Trinajstić information content (AvgIpc) is 4.16. The summed E-state index contributed by atoms with van der Waals surface area (Å²) in [6.45, 7) is 39.3. The third-order valence-corrected chi connectivity index (χ3v) is 7.94. The highest BCUT2D eigenvalue weighted by molar-refractivity contribution is 9.11. The van der Waals surface area contributed by atoms with Crippen LogP contribution < -0.4 is 15.9 Å². The third-order valence-electron chi connectivity index (χ3n) is 4.68. The van der Waals surface area contributed by atoms with Crippen LogP contribution in [-0.2, 0) is 5.45 Å². The van der Waals surface area contributed by atoms with E-state index in [1.165, 1.54) is 27.7 Å². The Bertz CT molecular complexity index is 1300. The minimum Gasteiger partial charge on any atom is -0.427 e. The highest BCUT2D eigenvalue weighted by Gasteiger charge is 2.15. The first kappa shape index (κ1) is 89.4.